The maximum Gasteiger partial charge on any atom is 0.166 e. The smallest absolute Gasteiger partial charge is 0.166 e. The molecule has 2 rings (SSSR count). The molecular formula is C12H20N2O2. The van der Waals surface area contributed by atoms with E-state index in [1.165, 1.54) is 5.56 Å². The van der Waals surface area contributed by atoms with Gasteiger partial charge in [0.1, 0.15) is 0 Å². The van der Waals surface area contributed by atoms with Gasteiger partial charge in [0.05, 0.1) is 13.2 Å². The Bertz CT molecular complexity index is 330. The van der Waals surface area contributed by atoms with Crippen LogP contribution >= 0.6 is 0 Å². The van der Waals surface area contributed by atoms with E-state index >= 15 is 0 Å². The van der Waals surface area contributed by atoms with Crippen LogP contribution in [0.5, 0.6) is 0 Å². The van der Waals surface area contributed by atoms with Gasteiger partial charge in [0.25, 0.3) is 0 Å². The Morgan fingerprint density at radius 1 is 1.44 bits per heavy atom. The molecule has 16 heavy (non-hydrogen) atoms. The summed E-state index contributed by atoms with van der Waals surface area (Å²) in [4.78, 5) is 0. The molecule has 90 valence electrons. The number of hydrogen-bond acceptors (Lipinski definition) is 3. The zero-order chi connectivity index (χ0) is 11.4. The van der Waals surface area contributed by atoms with Gasteiger partial charge in [-0.15, -0.1) is 0 Å². The summed E-state index contributed by atoms with van der Waals surface area (Å²) in [6.45, 7) is 5.25. The average molecular weight is 224 g/mol. The van der Waals surface area contributed by atoms with E-state index in [0.29, 0.717) is 0 Å². The predicted octanol–water partition coefficient (Wildman–Crippen LogP) is 1.27. The van der Waals surface area contributed by atoms with Gasteiger partial charge < -0.3 is 19.4 Å². The molecule has 1 aliphatic heterocycles. The van der Waals surface area contributed by atoms with Crippen molar-refractivity contribution in [3.05, 3.63) is 24.0 Å². The molecule has 0 unspecified atom stereocenters. The van der Waals surface area contributed by atoms with Gasteiger partial charge >= 0.3 is 0 Å². The highest BCUT2D eigenvalue weighted by Gasteiger charge is 2.29. The molecule has 0 radical (unpaired) electrons. The molecule has 1 N–H and O–H groups in total. The number of ether oxygens (including phenoxy) is 2. The molecule has 0 saturated carbocycles. The Hall–Kier alpha value is -0.840. The van der Waals surface area contributed by atoms with Crippen molar-refractivity contribution in [2.75, 3.05) is 19.8 Å². The van der Waals surface area contributed by atoms with Gasteiger partial charge in [0.15, 0.2) is 5.79 Å². The van der Waals surface area contributed by atoms with Crippen LogP contribution in [0, 0.1) is 0 Å². The Labute approximate surface area is 96.5 Å². The van der Waals surface area contributed by atoms with Crippen molar-refractivity contribution in [1.29, 1.82) is 0 Å². The number of hydrogen-bond donors (Lipinski definition) is 1. The van der Waals surface area contributed by atoms with E-state index < -0.39 is 0 Å². The molecule has 1 aromatic rings. The number of aromatic nitrogens is 1. The molecule has 1 aromatic heterocycles. The first-order chi connectivity index (χ1) is 7.68. The summed E-state index contributed by atoms with van der Waals surface area (Å²) < 4.78 is 13.1. The van der Waals surface area contributed by atoms with Crippen molar-refractivity contribution < 1.29 is 9.47 Å². The summed E-state index contributed by atoms with van der Waals surface area (Å²) >= 11 is 0. The average Bonchev–Trinajstić information content (AvgIpc) is 2.84. The monoisotopic (exact) mass is 224 g/mol. The van der Waals surface area contributed by atoms with Crippen LogP contribution in [0.3, 0.4) is 0 Å². The van der Waals surface area contributed by atoms with Crippen LogP contribution < -0.4 is 5.32 Å². The second-order valence-corrected chi connectivity index (χ2v) is 4.44. The van der Waals surface area contributed by atoms with E-state index in [1.807, 2.05) is 14.0 Å². The lowest BCUT2D eigenvalue weighted by Crippen LogP contribution is -2.30. The van der Waals surface area contributed by atoms with Gasteiger partial charge in [-0.2, -0.15) is 0 Å². The van der Waals surface area contributed by atoms with Gasteiger partial charge in [-0.25, -0.2) is 0 Å². The summed E-state index contributed by atoms with van der Waals surface area (Å²) in [7, 11) is 2.03. The number of nitrogens with one attached hydrogen (secondary N) is 1. The van der Waals surface area contributed by atoms with Crippen molar-refractivity contribution in [1.82, 2.24) is 9.88 Å². The molecule has 1 saturated heterocycles. The SMILES string of the molecule is Cn1ccc(CNCCC2(C)OCCO2)c1. The molecule has 4 heteroatoms. The molecule has 0 amide bonds. The van der Waals surface area contributed by atoms with Gasteiger partial charge in [-0.05, 0) is 18.6 Å². The van der Waals surface area contributed by atoms with E-state index in [-0.39, 0.29) is 5.79 Å². The van der Waals surface area contributed by atoms with Crippen molar-refractivity contribution in [3.63, 3.8) is 0 Å². The third kappa shape index (κ3) is 3.07. The lowest BCUT2D eigenvalue weighted by molar-refractivity contribution is -0.145. The molecule has 0 bridgehead atoms. The molecule has 0 spiro atoms. The summed E-state index contributed by atoms with van der Waals surface area (Å²) in [5.74, 6) is -0.371. The molecule has 4 nitrogen and oxygen atoms in total. The second-order valence-electron chi connectivity index (χ2n) is 4.44. The molecular weight excluding hydrogens is 204 g/mol. The quantitative estimate of drug-likeness (QED) is 0.765. The van der Waals surface area contributed by atoms with E-state index in [9.17, 15) is 0 Å². The topological polar surface area (TPSA) is 35.4 Å². The highest BCUT2D eigenvalue weighted by atomic mass is 16.7. The van der Waals surface area contributed by atoms with Gasteiger partial charge in [0, 0.05) is 39.0 Å². The summed E-state index contributed by atoms with van der Waals surface area (Å²) in [6, 6.07) is 2.12. The van der Waals surface area contributed by atoms with Gasteiger partial charge in [-0.1, -0.05) is 0 Å². The second kappa shape index (κ2) is 4.99. The lowest BCUT2D eigenvalue weighted by atomic mass is 10.2. The van der Waals surface area contributed by atoms with E-state index in [4.69, 9.17) is 9.47 Å². The third-order valence-corrected chi connectivity index (χ3v) is 2.88. The van der Waals surface area contributed by atoms with Crippen LogP contribution in [0.15, 0.2) is 18.5 Å². The number of aryl methyl sites for hydroxylation is 1. The van der Waals surface area contributed by atoms with Crippen LogP contribution in [0.4, 0.5) is 0 Å². The minimum absolute atomic E-state index is 0.371. The van der Waals surface area contributed by atoms with Crippen LogP contribution in [-0.2, 0) is 23.1 Å². The third-order valence-electron chi connectivity index (χ3n) is 2.88. The minimum atomic E-state index is -0.371. The van der Waals surface area contributed by atoms with E-state index in [1.54, 1.807) is 0 Å². The Morgan fingerprint density at radius 3 is 2.81 bits per heavy atom. The van der Waals surface area contributed by atoms with Gasteiger partial charge in [0.2, 0.25) is 0 Å². The fraction of sp³-hybridized carbons (Fsp3) is 0.667. The van der Waals surface area contributed by atoms with E-state index in [2.05, 4.69) is 28.3 Å². The number of nitrogens with zero attached hydrogens (tertiary/aromatic N) is 1. The largest absolute Gasteiger partial charge is 0.357 e. The first kappa shape index (κ1) is 11.6. The highest BCUT2D eigenvalue weighted by Crippen LogP contribution is 2.21. The zero-order valence-corrected chi connectivity index (χ0v) is 10.0. The lowest BCUT2D eigenvalue weighted by Gasteiger charge is -2.22. The standard InChI is InChI=1S/C12H20N2O2/c1-12(15-7-8-16-12)4-5-13-9-11-3-6-14(2)10-11/h3,6,10,13H,4-5,7-9H2,1-2H3. The van der Waals surface area contributed by atoms with Crippen molar-refractivity contribution in [2.45, 2.75) is 25.7 Å². The van der Waals surface area contributed by atoms with E-state index in [0.717, 1.165) is 32.7 Å². The fourth-order valence-electron chi connectivity index (χ4n) is 1.91. The van der Waals surface area contributed by atoms with Crippen molar-refractivity contribution >= 4 is 0 Å². The van der Waals surface area contributed by atoms with Gasteiger partial charge in [-0.3, -0.25) is 0 Å². The van der Waals surface area contributed by atoms with Crippen LogP contribution in [0.1, 0.15) is 18.9 Å². The Kier molecular flexibility index (Phi) is 3.63. The van der Waals surface area contributed by atoms with Crippen LogP contribution in [0.25, 0.3) is 0 Å². The molecule has 0 aromatic carbocycles. The molecule has 2 heterocycles. The molecule has 0 atom stereocenters. The van der Waals surface area contributed by atoms with Crippen LogP contribution in [0.2, 0.25) is 0 Å². The Balaban J connectivity index is 1.65. The maximum atomic E-state index is 5.53. The predicted molar refractivity (Wildman–Crippen MR) is 62.0 cm³/mol. The zero-order valence-electron chi connectivity index (χ0n) is 10.0. The normalized spacial score (nSPS) is 19.1. The van der Waals surface area contributed by atoms with Crippen molar-refractivity contribution in [2.24, 2.45) is 7.05 Å². The summed E-state index contributed by atoms with van der Waals surface area (Å²) in [6.07, 6.45) is 5.07. The summed E-state index contributed by atoms with van der Waals surface area (Å²) in [5.41, 5.74) is 1.31. The maximum absolute atomic E-state index is 5.53. The summed E-state index contributed by atoms with van der Waals surface area (Å²) in [5, 5.41) is 3.39. The molecule has 1 fully saturated rings. The Morgan fingerprint density at radius 2 is 2.19 bits per heavy atom. The van der Waals surface area contributed by atoms with Crippen LogP contribution in [-0.4, -0.2) is 30.1 Å². The van der Waals surface area contributed by atoms with Crippen molar-refractivity contribution in [3.8, 4) is 0 Å². The fourth-order valence-corrected chi connectivity index (χ4v) is 1.91. The molecule has 1 aliphatic rings. The first-order valence-electron chi connectivity index (χ1n) is 5.77. The highest BCUT2D eigenvalue weighted by molar-refractivity contribution is 5.09. The first-order valence-corrected chi connectivity index (χ1v) is 5.77. The number of rotatable bonds is 5. The minimum Gasteiger partial charge on any atom is -0.357 e. The molecule has 0 aliphatic carbocycles.